The van der Waals surface area contributed by atoms with Gasteiger partial charge in [-0.25, -0.2) is 4.90 Å². The molecule has 1 aliphatic heterocycles. The van der Waals surface area contributed by atoms with Crippen molar-refractivity contribution in [2.75, 3.05) is 4.90 Å². The maximum Gasteiger partial charge on any atom is 0.416 e. The second kappa shape index (κ2) is 4.67. The largest absolute Gasteiger partial charge is 0.416 e. The number of hydrogen-bond donors (Lipinski definition) is 0. The Hall–Kier alpha value is -1.82. The van der Waals surface area contributed by atoms with Crippen molar-refractivity contribution in [3.05, 3.63) is 40.9 Å². The lowest BCUT2D eigenvalue weighted by Gasteiger charge is -2.37. The lowest BCUT2D eigenvalue weighted by Crippen LogP contribution is -2.40. The van der Waals surface area contributed by atoms with E-state index in [9.17, 15) is 22.8 Å². The van der Waals surface area contributed by atoms with Gasteiger partial charge in [-0.2, -0.15) is 13.2 Å². The Kier molecular flexibility index (Phi) is 2.88. The standard InChI is InChI=1S/C18H13ClF3NO2/c19-12-4-1-7(18(20,21)22)5-13(12)23-16(24)14-8-2-3-9(11-6-10(8)11)15(14)17(23)25/h1-5,8-11,14-15H,6H2/t8-,9-,10-,11+,14-,15-/m1/s1. The maximum absolute atomic E-state index is 13.0. The van der Waals surface area contributed by atoms with Crippen molar-refractivity contribution in [1.29, 1.82) is 0 Å². The average Bonchev–Trinajstić information content (AvgIpc) is 3.32. The number of halogens is 4. The van der Waals surface area contributed by atoms with Crippen molar-refractivity contribution in [2.24, 2.45) is 35.5 Å². The topological polar surface area (TPSA) is 37.4 Å². The first-order chi connectivity index (χ1) is 11.8. The number of imide groups is 1. The van der Waals surface area contributed by atoms with Crippen molar-refractivity contribution >= 4 is 29.1 Å². The van der Waals surface area contributed by atoms with E-state index in [-0.39, 0.29) is 22.5 Å². The molecule has 2 saturated carbocycles. The minimum atomic E-state index is -4.57. The summed E-state index contributed by atoms with van der Waals surface area (Å²) in [6.07, 6.45) is 0.491. The number of amides is 2. The Bertz CT molecular complexity index is 813. The number of carbonyl (C=O) groups is 2. The van der Waals surface area contributed by atoms with E-state index in [2.05, 4.69) is 0 Å². The van der Waals surface area contributed by atoms with Gasteiger partial charge in [-0.05, 0) is 48.3 Å². The van der Waals surface area contributed by atoms with Gasteiger partial charge >= 0.3 is 6.18 Å². The molecule has 130 valence electrons. The minimum absolute atomic E-state index is 0.0195. The van der Waals surface area contributed by atoms with Crippen LogP contribution in [-0.4, -0.2) is 11.8 Å². The van der Waals surface area contributed by atoms with E-state index in [1.54, 1.807) is 0 Å². The Morgan fingerprint density at radius 1 is 1.00 bits per heavy atom. The molecule has 1 aromatic carbocycles. The van der Waals surface area contributed by atoms with Gasteiger partial charge in [0.25, 0.3) is 0 Å². The molecule has 3 fully saturated rings. The van der Waals surface area contributed by atoms with Crippen molar-refractivity contribution < 1.29 is 22.8 Å². The van der Waals surface area contributed by atoms with Crippen LogP contribution in [0.15, 0.2) is 30.4 Å². The number of allylic oxidation sites excluding steroid dienone is 2. The van der Waals surface area contributed by atoms with Crippen LogP contribution in [-0.2, 0) is 15.8 Å². The molecule has 6 atom stereocenters. The SMILES string of the molecule is O=C1[C@@H]2[C@@H]3C=C[C@H]([C@@H]4C[C@H]34)[C@H]2C(=O)N1c1cc(C(F)(F)F)ccc1Cl. The minimum Gasteiger partial charge on any atom is -0.274 e. The van der Waals surface area contributed by atoms with E-state index in [4.69, 9.17) is 11.6 Å². The number of carbonyl (C=O) groups excluding carboxylic acids is 2. The highest BCUT2D eigenvalue weighted by atomic mass is 35.5. The van der Waals surface area contributed by atoms with Crippen LogP contribution in [0.5, 0.6) is 0 Å². The van der Waals surface area contributed by atoms with Crippen molar-refractivity contribution in [2.45, 2.75) is 12.6 Å². The van der Waals surface area contributed by atoms with Gasteiger partial charge in [0.05, 0.1) is 28.1 Å². The lowest BCUT2D eigenvalue weighted by molar-refractivity contribution is -0.137. The molecule has 1 heterocycles. The first-order valence-corrected chi connectivity index (χ1v) is 8.59. The molecular formula is C18H13ClF3NO2. The summed E-state index contributed by atoms with van der Waals surface area (Å²) in [4.78, 5) is 26.8. The summed E-state index contributed by atoms with van der Waals surface area (Å²) in [5.74, 6) is -0.845. The molecule has 2 bridgehead atoms. The second-order valence-electron chi connectivity index (χ2n) is 7.33. The number of alkyl halides is 3. The molecule has 4 aliphatic carbocycles. The van der Waals surface area contributed by atoms with E-state index in [0.717, 1.165) is 29.5 Å². The first kappa shape index (κ1) is 15.4. The lowest BCUT2D eigenvalue weighted by atomic mass is 9.63. The molecule has 0 aromatic heterocycles. The highest BCUT2D eigenvalue weighted by molar-refractivity contribution is 6.36. The summed E-state index contributed by atoms with van der Waals surface area (Å²) in [7, 11) is 0. The molecule has 2 amide bonds. The number of rotatable bonds is 1. The second-order valence-corrected chi connectivity index (χ2v) is 7.74. The van der Waals surface area contributed by atoms with Gasteiger partial charge in [-0.1, -0.05) is 23.8 Å². The van der Waals surface area contributed by atoms with Crippen LogP contribution in [0, 0.1) is 35.5 Å². The van der Waals surface area contributed by atoms with Crippen molar-refractivity contribution in [1.82, 2.24) is 0 Å². The fraction of sp³-hybridized carbons (Fsp3) is 0.444. The highest BCUT2D eigenvalue weighted by Gasteiger charge is 2.67. The van der Waals surface area contributed by atoms with Gasteiger partial charge < -0.3 is 0 Å². The van der Waals surface area contributed by atoms with Crippen LogP contribution in [0.3, 0.4) is 0 Å². The van der Waals surface area contributed by atoms with E-state index < -0.39 is 35.4 Å². The Labute approximate surface area is 146 Å². The fourth-order valence-electron chi connectivity index (χ4n) is 5.05. The van der Waals surface area contributed by atoms with Crippen LogP contribution < -0.4 is 4.90 Å². The Morgan fingerprint density at radius 3 is 2.08 bits per heavy atom. The zero-order valence-corrected chi connectivity index (χ0v) is 13.6. The molecule has 7 heteroatoms. The predicted octanol–water partition coefficient (Wildman–Crippen LogP) is 3.92. The number of nitrogens with zero attached hydrogens (tertiary/aromatic N) is 1. The number of benzene rings is 1. The molecule has 25 heavy (non-hydrogen) atoms. The zero-order valence-electron chi connectivity index (χ0n) is 12.8. The molecule has 0 N–H and O–H groups in total. The van der Waals surface area contributed by atoms with E-state index in [1.165, 1.54) is 0 Å². The van der Waals surface area contributed by atoms with Crippen LogP contribution in [0.1, 0.15) is 12.0 Å². The van der Waals surface area contributed by atoms with Crippen LogP contribution >= 0.6 is 11.6 Å². The van der Waals surface area contributed by atoms with Crippen molar-refractivity contribution in [3.8, 4) is 0 Å². The molecule has 0 radical (unpaired) electrons. The zero-order chi connectivity index (χ0) is 17.7. The molecule has 1 saturated heterocycles. The van der Waals surface area contributed by atoms with Gasteiger partial charge in [0.15, 0.2) is 0 Å². The van der Waals surface area contributed by atoms with Crippen molar-refractivity contribution in [3.63, 3.8) is 0 Å². The van der Waals surface area contributed by atoms with Gasteiger partial charge in [-0.3, -0.25) is 9.59 Å². The van der Waals surface area contributed by atoms with E-state index in [1.807, 2.05) is 12.2 Å². The normalized spacial score (nSPS) is 38.2. The fourth-order valence-corrected chi connectivity index (χ4v) is 5.26. The van der Waals surface area contributed by atoms with Gasteiger partial charge in [0.2, 0.25) is 11.8 Å². The third-order valence-corrected chi connectivity index (χ3v) is 6.50. The molecule has 1 aromatic rings. The molecule has 6 rings (SSSR count). The molecule has 0 spiro atoms. The third kappa shape index (κ3) is 1.94. The van der Waals surface area contributed by atoms with Crippen LogP contribution in [0.2, 0.25) is 5.02 Å². The summed E-state index contributed by atoms with van der Waals surface area (Å²) in [5.41, 5.74) is -1.08. The smallest absolute Gasteiger partial charge is 0.274 e. The summed E-state index contributed by atoms with van der Waals surface area (Å²) < 4.78 is 39.1. The Balaban J connectivity index is 1.59. The number of hydrogen-bond acceptors (Lipinski definition) is 2. The Morgan fingerprint density at radius 2 is 1.56 bits per heavy atom. The summed E-state index contributed by atoms with van der Waals surface area (Å²) >= 11 is 6.05. The molecule has 0 unspecified atom stereocenters. The highest BCUT2D eigenvalue weighted by Crippen LogP contribution is 2.65. The quantitative estimate of drug-likeness (QED) is 0.557. The van der Waals surface area contributed by atoms with Gasteiger partial charge in [-0.15, -0.1) is 0 Å². The average molecular weight is 368 g/mol. The first-order valence-electron chi connectivity index (χ1n) is 8.22. The molecular weight excluding hydrogens is 355 g/mol. The molecule has 5 aliphatic rings. The van der Waals surface area contributed by atoms with Gasteiger partial charge in [0.1, 0.15) is 0 Å². The predicted molar refractivity (Wildman–Crippen MR) is 83.6 cm³/mol. The summed E-state index contributed by atoms with van der Waals surface area (Å²) in [6.45, 7) is 0. The molecule has 3 nitrogen and oxygen atoms in total. The monoisotopic (exact) mass is 367 g/mol. The summed E-state index contributed by atoms with van der Waals surface area (Å²) in [6, 6.07) is 2.74. The number of anilines is 1. The maximum atomic E-state index is 13.0. The summed E-state index contributed by atoms with van der Waals surface area (Å²) in [5, 5.41) is -0.0289. The van der Waals surface area contributed by atoms with E-state index >= 15 is 0 Å². The van der Waals surface area contributed by atoms with Gasteiger partial charge in [0, 0.05) is 0 Å². The van der Waals surface area contributed by atoms with E-state index in [0.29, 0.717) is 11.8 Å². The third-order valence-electron chi connectivity index (χ3n) is 6.18. The van der Waals surface area contributed by atoms with Crippen LogP contribution in [0.25, 0.3) is 0 Å². The van der Waals surface area contributed by atoms with Crippen LogP contribution in [0.4, 0.5) is 18.9 Å².